The number of imide groups is 1. The van der Waals surface area contributed by atoms with E-state index in [-0.39, 0.29) is 30.1 Å². The van der Waals surface area contributed by atoms with Crippen LogP contribution in [-0.4, -0.2) is 52.8 Å². The van der Waals surface area contributed by atoms with Crippen molar-refractivity contribution in [3.8, 4) is 17.6 Å². The Morgan fingerprint density at radius 3 is 2.81 bits per heavy atom. The number of nitrogens with zero attached hydrogens (tertiary/aromatic N) is 2. The minimum Gasteiger partial charge on any atom is -0.497 e. The van der Waals surface area contributed by atoms with Crippen molar-refractivity contribution in [1.82, 2.24) is 20.5 Å². The Hall–Kier alpha value is -4.39. The molecule has 0 aliphatic carbocycles. The van der Waals surface area contributed by atoms with Crippen LogP contribution in [0.1, 0.15) is 31.8 Å². The molecule has 2 aromatic rings. The highest BCUT2D eigenvalue weighted by molar-refractivity contribution is 6.10. The Bertz CT molecular complexity index is 1200. The maximum absolute atomic E-state index is 12.9. The first-order valence-corrected chi connectivity index (χ1v) is 9.20. The van der Waals surface area contributed by atoms with E-state index in [9.17, 15) is 19.2 Å². The van der Waals surface area contributed by atoms with E-state index in [1.165, 1.54) is 30.5 Å². The molecule has 3 heterocycles. The molecule has 2 aliphatic heterocycles. The number of ether oxygens (including phenoxy) is 1. The van der Waals surface area contributed by atoms with Crippen LogP contribution < -0.4 is 21.1 Å². The monoisotopic (exact) mass is 419 g/mol. The molecule has 31 heavy (non-hydrogen) atoms. The summed E-state index contributed by atoms with van der Waals surface area (Å²) in [6.07, 6.45) is 2.72. The summed E-state index contributed by atoms with van der Waals surface area (Å²) in [6, 6.07) is 5.81. The maximum atomic E-state index is 12.9. The van der Waals surface area contributed by atoms with Gasteiger partial charge in [-0.05, 0) is 23.8 Å². The smallest absolute Gasteiger partial charge is 0.323 e. The molecule has 10 heteroatoms. The molecule has 0 unspecified atom stereocenters. The van der Waals surface area contributed by atoms with Crippen LogP contribution >= 0.6 is 0 Å². The number of methoxy groups -OCH3 is 1. The van der Waals surface area contributed by atoms with Gasteiger partial charge in [0.05, 0.1) is 24.8 Å². The van der Waals surface area contributed by atoms with Crippen LogP contribution in [0, 0.1) is 11.8 Å². The molecule has 1 aromatic carbocycles. The van der Waals surface area contributed by atoms with Crippen LogP contribution in [-0.2, 0) is 11.3 Å². The van der Waals surface area contributed by atoms with E-state index < -0.39 is 23.4 Å². The molecule has 0 spiro atoms. The highest BCUT2D eigenvalue weighted by atomic mass is 16.5. The van der Waals surface area contributed by atoms with Gasteiger partial charge in [0.25, 0.3) is 11.8 Å². The topological polar surface area (TPSA) is 144 Å². The second-order valence-electron chi connectivity index (χ2n) is 7.03. The fourth-order valence-corrected chi connectivity index (χ4v) is 3.49. The zero-order valence-corrected chi connectivity index (χ0v) is 16.4. The van der Waals surface area contributed by atoms with Gasteiger partial charge >= 0.3 is 6.03 Å². The maximum Gasteiger partial charge on any atom is 0.323 e. The summed E-state index contributed by atoms with van der Waals surface area (Å²) in [7, 11) is 1.50. The van der Waals surface area contributed by atoms with Crippen LogP contribution in [0.25, 0.3) is 0 Å². The van der Waals surface area contributed by atoms with Gasteiger partial charge in [-0.2, -0.15) is 0 Å². The molecule has 1 atom stereocenters. The first-order valence-electron chi connectivity index (χ1n) is 9.20. The second-order valence-corrected chi connectivity index (χ2v) is 7.03. The summed E-state index contributed by atoms with van der Waals surface area (Å²) in [5, 5.41) is 4.66. The van der Waals surface area contributed by atoms with E-state index in [4.69, 9.17) is 10.5 Å². The summed E-state index contributed by atoms with van der Waals surface area (Å²) in [6.45, 7) is 0.0454. The first-order chi connectivity index (χ1) is 14.8. The highest BCUT2D eigenvalue weighted by Gasteiger charge is 2.48. The Balaban J connectivity index is 1.68. The number of benzene rings is 1. The molecule has 156 valence electrons. The van der Waals surface area contributed by atoms with Crippen molar-refractivity contribution in [3.63, 3.8) is 0 Å². The van der Waals surface area contributed by atoms with E-state index in [2.05, 4.69) is 27.5 Å². The molecule has 0 radical (unpaired) electrons. The highest BCUT2D eigenvalue weighted by Crippen LogP contribution is 2.28. The fraction of sp³-hybridized carbons (Fsp3) is 0.190. The zero-order valence-electron chi connectivity index (χ0n) is 16.4. The normalized spacial score (nSPS) is 19.3. The number of primary amides is 1. The summed E-state index contributed by atoms with van der Waals surface area (Å²) in [5.41, 5.74) is 5.19. The van der Waals surface area contributed by atoms with Gasteiger partial charge in [0.15, 0.2) is 0 Å². The van der Waals surface area contributed by atoms with Crippen LogP contribution in [0.5, 0.6) is 5.75 Å². The van der Waals surface area contributed by atoms with E-state index >= 15 is 0 Å². The van der Waals surface area contributed by atoms with Gasteiger partial charge in [0.2, 0.25) is 11.4 Å². The number of nitrogens with two attached hydrogens (primary N) is 1. The molecular weight excluding hydrogens is 402 g/mol. The predicted octanol–water partition coefficient (Wildman–Crippen LogP) is -0.225. The molecule has 4 rings (SSSR count). The van der Waals surface area contributed by atoms with Gasteiger partial charge < -0.3 is 20.7 Å². The second kappa shape index (κ2) is 7.46. The lowest BCUT2D eigenvalue weighted by Crippen LogP contribution is -2.54. The number of carbonyl (C=O) groups is 4. The van der Waals surface area contributed by atoms with Gasteiger partial charge in [0.1, 0.15) is 5.75 Å². The Kier molecular flexibility index (Phi) is 4.79. The summed E-state index contributed by atoms with van der Waals surface area (Å²) >= 11 is 0. The molecule has 0 saturated carbocycles. The molecule has 0 bridgehead atoms. The van der Waals surface area contributed by atoms with Crippen molar-refractivity contribution in [2.75, 3.05) is 13.7 Å². The summed E-state index contributed by atoms with van der Waals surface area (Å²) in [5.74, 6) is 4.24. The minimum atomic E-state index is -1.70. The van der Waals surface area contributed by atoms with Crippen molar-refractivity contribution < 1.29 is 23.9 Å². The number of nitrogens with one attached hydrogen (secondary N) is 2. The third-order valence-corrected chi connectivity index (χ3v) is 5.06. The van der Waals surface area contributed by atoms with Gasteiger partial charge in [-0.1, -0.05) is 17.9 Å². The van der Waals surface area contributed by atoms with Crippen LogP contribution in [0.3, 0.4) is 0 Å². The number of fused-ring (bicyclic) bond motifs is 1. The molecule has 1 fully saturated rings. The summed E-state index contributed by atoms with van der Waals surface area (Å²) < 4.78 is 5.17. The molecule has 1 saturated heterocycles. The summed E-state index contributed by atoms with van der Waals surface area (Å²) in [4.78, 5) is 54.4. The standard InChI is InChI=1S/C21H17N5O5/c1-31-14-3-2-13-10-26(18(28)16(13)8-14)11-21(19(29)24-20(30)25-21)6-4-12-9-23-7-5-15(12)17(22)27/h2-3,5,7-9H,10-11H2,1H3,(H2,22,27)(H2,24,25,29,30)/t21-/m1/s1. The number of carbonyl (C=O) groups excluding carboxylic acids is 4. The molecule has 5 amide bonds. The Morgan fingerprint density at radius 1 is 1.32 bits per heavy atom. The van der Waals surface area contributed by atoms with E-state index in [0.29, 0.717) is 11.3 Å². The molecule has 2 aliphatic rings. The van der Waals surface area contributed by atoms with Gasteiger partial charge in [-0.15, -0.1) is 0 Å². The Labute approximate surface area is 176 Å². The lowest BCUT2D eigenvalue weighted by atomic mass is 9.98. The third-order valence-electron chi connectivity index (χ3n) is 5.06. The Morgan fingerprint density at radius 2 is 2.13 bits per heavy atom. The largest absolute Gasteiger partial charge is 0.497 e. The van der Waals surface area contributed by atoms with E-state index in [1.54, 1.807) is 18.2 Å². The van der Waals surface area contributed by atoms with Crippen molar-refractivity contribution in [2.45, 2.75) is 12.1 Å². The van der Waals surface area contributed by atoms with Crippen LogP contribution in [0.15, 0.2) is 36.7 Å². The molecule has 4 N–H and O–H groups in total. The van der Waals surface area contributed by atoms with Crippen molar-refractivity contribution in [2.24, 2.45) is 5.73 Å². The number of urea groups is 1. The number of rotatable bonds is 4. The number of hydrogen-bond acceptors (Lipinski definition) is 6. The number of pyridine rings is 1. The molecule has 10 nitrogen and oxygen atoms in total. The van der Waals surface area contributed by atoms with Crippen molar-refractivity contribution in [1.29, 1.82) is 0 Å². The van der Waals surface area contributed by atoms with Crippen LogP contribution in [0.2, 0.25) is 0 Å². The molecule has 1 aromatic heterocycles. The number of aromatic nitrogens is 1. The van der Waals surface area contributed by atoms with Crippen molar-refractivity contribution in [3.05, 3.63) is 58.9 Å². The number of hydrogen-bond donors (Lipinski definition) is 3. The minimum absolute atomic E-state index is 0.124. The lowest BCUT2D eigenvalue weighted by molar-refractivity contribution is -0.122. The van der Waals surface area contributed by atoms with Gasteiger partial charge in [0, 0.05) is 24.5 Å². The van der Waals surface area contributed by atoms with Crippen LogP contribution in [0.4, 0.5) is 4.79 Å². The van der Waals surface area contributed by atoms with Gasteiger partial charge in [-0.3, -0.25) is 24.7 Å². The SMILES string of the molecule is COc1ccc2c(c1)C(=O)N(C[C@@]1(C#Cc3cnccc3C(N)=O)NC(=O)NC1=O)C2. The number of amides is 5. The first kappa shape index (κ1) is 19.9. The third kappa shape index (κ3) is 3.53. The van der Waals surface area contributed by atoms with E-state index in [1.807, 2.05) is 0 Å². The quantitative estimate of drug-likeness (QED) is 0.462. The predicted molar refractivity (Wildman–Crippen MR) is 107 cm³/mol. The average molecular weight is 419 g/mol. The zero-order chi connectivity index (χ0) is 22.2. The van der Waals surface area contributed by atoms with Crippen molar-refractivity contribution >= 4 is 23.8 Å². The fourth-order valence-electron chi connectivity index (χ4n) is 3.49. The molecular formula is C21H17N5O5. The average Bonchev–Trinajstić information content (AvgIpc) is 3.21. The van der Waals surface area contributed by atoms with Gasteiger partial charge in [-0.25, -0.2) is 4.79 Å². The van der Waals surface area contributed by atoms with E-state index in [0.717, 1.165) is 5.56 Å². The lowest BCUT2D eigenvalue weighted by Gasteiger charge is -2.26.